The van der Waals surface area contributed by atoms with Gasteiger partial charge >= 0.3 is 117 Å². The summed E-state index contributed by atoms with van der Waals surface area (Å²) in [4.78, 5) is 0. The van der Waals surface area contributed by atoms with E-state index in [1.807, 2.05) is 0 Å². The zero-order valence-electron chi connectivity index (χ0n) is 10.9. The Morgan fingerprint density at radius 3 is 1.25 bits per heavy atom. The summed E-state index contributed by atoms with van der Waals surface area (Å²) >= 11 is -1.62. The molecule has 0 fully saturated rings. The molecule has 0 radical (unpaired) electrons. The fourth-order valence-electron chi connectivity index (χ4n) is 2.00. The molecular formula is C12H28Cl2PPt. The second-order valence-electron chi connectivity index (χ2n) is 4.56. The van der Waals surface area contributed by atoms with Gasteiger partial charge in [0.2, 0.25) is 0 Å². The Kier molecular flexibility index (Phi) is 11.7. The minimum absolute atomic E-state index is 1.25. The van der Waals surface area contributed by atoms with Crippen LogP contribution < -0.4 is 0 Å². The summed E-state index contributed by atoms with van der Waals surface area (Å²) in [5.74, 6) is 0. The third-order valence-electron chi connectivity index (χ3n) is 3.14. The molecule has 4 heteroatoms. The van der Waals surface area contributed by atoms with E-state index in [0.29, 0.717) is 0 Å². The zero-order chi connectivity index (χ0) is 12.4. The fourth-order valence-corrected chi connectivity index (χ4v) is 22.3. The van der Waals surface area contributed by atoms with E-state index in [4.69, 9.17) is 18.8 Å². The molecule has 0 amide bonds. The molecule has 0 saturated carbocycles. The van der Waals surface area contributed by atoms with Crippen molar-refractivity contribution in [1.29, 1.82) is 0 Å². The van der Waals surface area contributed by atoms with Crippen LogP contribution in [0.2, 0.25) is 0 Å². The first-order valence-corrected chi connectivity index (χ1v) is 18.1. The van der Waals surface area contributed by atoms with Crippen LogP contribution in [0.5, 0.6) is 0 Å². The van der Waals surface area contributed by atoms with Crippen LogP contribution in [-0.2, 0) is 14.7 Å². The average Bonchev–Trinajstić information content (AvgIpc) is 2.28. The molecule has 0 nitrogen and oxygen atoms in total. The van der Waals surface area contributed by atoms with E-state index in [9.17, 15) is 0 Å². The molecule has 0 heterocycles. The van der Waals surface area contributed by atoms with Crippen molar-refractivity contribution in [2.24, 2.45) is 0 Å². The molecule has 0 N–H and O–H groups in total. The molecule has 0 unspecified atom stereocenters. The number of rotatable bonds is 10. The van der Waals surface area contributed by atoms with Crippen molar-refractivity contribution in [3.8, 4) is 0 Å². The van der Waals surface area contributed by atoms with Crippen LogP contribution in [0.3, 0.4) is 0 Å². The topological polar surface area (TPSA) is 0 Å². The van der Waals surface area contributed by atoms with Crippen LogP contribution >= 0.6 is 24.2 Å². The van der Waals surface area contributed by atoms with E-state index in [1.165, 1.54) is 57.0 Å². The van der Waals surface area contributed by atoms with Crippen LogP contribution in [0, 0.1) is 0 Å². The second-order valence-corrected chi connectivity index (χ2v) is 27.4. The van der Waals surface area contributed by atoms with E-state index in [0.717, 1.165) is 0 Å². The van der Waals surface area contributed by atoms with Crippen molar-refractivity contribution in [3.63, 3.8) is 0 Å². The maximum absolute atomic E-state index is 6.49. The molecule has 0 aliphatic carbocycles. The summed E-state index contributed by atoms with van der Waals surface area (Å²) in [6.45, 7) is 6.83. The van der Waals surface area contributed by atoms with E-state index in [2.05, 4.69) is 20.8 Å². The summed E-state index contributed by atoms with van der Waals surface area (Å²) in [5.41, 5.74) is 0. The van der Waals surface area contributed by atoms with E-state index in [-0.39, 0.29) is 0 Å². The normalized spacial score (nSPS) is 13.9. The van der Waals surface area contributed by atoms with Crippen LogP contribution in [0.4, 0.5) is 0 Å². The molecule has 0 atom stereocenters. The van der Waals surface area contributed by atoms with Crippen molar-refractivity contribution in [2.75, 3.05) is 18.5 Å². The maximum atomic E-state index is 6.49. The number of halogens is 2. The summed E-state index contributed by atoms with van der Waals surface area (Å²) in [5, 5.41) is -1.25. The molecule has 0 aromatic carbocycles. The van der Waals surface area contributed by atoms with Gasteiger partial charge in [0.15, 0.2) is 0 Å². The molecule has 0 aromatic rings. The Morgan fingerprint density at radius 1 is 0.750 bits per heavy atom. The average molecular weight is 469 g/mol. The first-order valence-electron chi connectivity index (χ1n) is 6.58. The zero-order valence-corrected chi connectivity index (χ0v) is 15.7. The molecule has 0 spiro atoms. The Hall–Kier alpha value is 1.70. The predicted octanol–water partition coefficient (Wildman–Crippen LogP) is 5.98. The Morgan fingerprint density at radius 2 is 1.06 bits per heavy atom. The predicted molar refractivity (Wildman–Crippen MR) is 79.3 cm³/mol. The van der Waals surface area contributed by atoms with Gasteiger partial charge in [-0.3, -0.25) is 0 Å². The molecule has 105 valence electrons. The van der Waals surface area contributed by atoms with Crippen LogP contribution in [0.25, 0.3) is 0 Å². The summed E-state index contributed by atoms with van der Waals surface area (Å²) in [7, 11) is 13.0. The molecule has 16 heavy (non-hydrogen) atoms. The van der Waals surface area contributed by atoms with Gasteiger partial charge in [0, 0.05) is 0 Å². The van der Waals surface area contributed by atoms with Gasteiger partial charge in [-0.05, 0) is 0 Å². The van der Waals surface area contributed by atoms with E-state index >= 15 is 0 Å². The number of hydrogen-bond acceptors (Lipinski definition) is 0. The van der Waals surface area contributed by atoms with Crippen molar-refractivity contribution in [1.82, 2.24) is 0 Å². The van der Waals surface area contributed by atoms with Crippen LogP contribution in [-0.4, -0.2) is 18.5 Å². The van der Waals surface area contributed by atoms with Crippen LogP contribution in [0.1, 0.15) is 59.3 Å². The van der Waals surface area contributed by atoms with Gasteiger partial charge in [-0.25, -0.2) is 0 Å². The van der Waals surface area contributed by atoms with Crippen LogP contribution in [0.15, 0.2) is 0 Å². The first-order chi connectivity index (χ1) is 7.63. The Bertz CT molecular complexity index is 143. The minimum atomic E-state index is -1.62. The van der Waals surface area contributed by atoms with Crippen molar-refractivity contribution < 1.29 is 14.7 Å². The van der Waals surface area contributed by atoms with Gasteiger partial charge in [0.1, 0.15) is 0 Å². The van der Waals surface area contributed by atoms with Gasteiger partial charge in [0.05, 0.1) is 0 Å². The van der Waals surface area contributed by atoms with Crippen molar-refractivity contribution in [2.45, 2.75) is 59.3 Å². The Labute approximate surface area is 116 Å². The molecule has 0 bridgehead atoms. The molecule has 0 aromatic heterocycles. The molecule has 0 aliphatic heterocycles. The summed E-state index contributed by atoms with van der Waals surface area (Å²) in [6.07, 6.45) is 12.2. The molecule has 0 aliphatic rings. The standard InChI is InChI=1S/C12H27P.2ClH.Pt/c1-4-7-10-13(11-8-5-2)12-9-6-3;;;/h4-12H2,1-3H3;2*1H;/q;;;+1/p-1. The third kappa shape index (κ3) is 6.58. The molecule has 0 rings (SSSR count). The second kappa shape index (κ2) is 10.6. The van der Waals surface area contributed by atoms with Crippen molar-refractivity contribution >= 4 is 24.2 Å². The van der Waals surface area contributed by atoms with Gasteiger partial charge in [-0.1, -0.05) is 0 Å². The molecule has 0 saturated heterocycles. The van der Waals surface area contributed by atoms with Gasteiger partial charge in [0.25, 0.3) is 0 Å². The van der Waals surface area contributed by atoms with Gasteiger partial charge in [-0.2, -0.15) is 0 Å². The monoisotopic (exact) mass is 468 g/mol. The molecular weight excluding hydrogens is 441 g/mol. The summed E-state index contributed by atoms with van der Waals surface area (Å²) < 4.78 is 0. The van der Waals surface area contributed by atoms with E-state index < -0.39 is 20.1 Å². The quantitative estimate of drug-likeness (QED) is 0.346. The summed E-state index contributed by atoms with van der Waals surface area (Å²) in [6, 6.07) is 0. The Balaban J connectivity index is 4.46. The van der Waals surface area contributed by atoms with Gasteiger partial charge in [-0.15, -0.1) is 0 Å². The number of hydrogen-bond donors (Lipinski definition) is 0. The third-order valence-corrected chi connectivity index (χ3v) is 30.3. The number of unbranched alkanes of at least 4 members (excludes halogenated alkanes) is 3. The first kappa shape index (κ1) is 17.7. The van der Waals surface area contributed by atoms with Gasteiger partial charge < -0.3 is 0 Å². The van der Waals surface area contributed by atoms with E-state index in [1.54, 1.807) is 0 Å². The fraction of sp³-hybridized carbons (Fsp3) is 1.00. The SMILES string of the molecule is CCCC[PH](CCCC)(CCCC)[Pt]([Cl])[Cl]. The van der Waals surface area contributed by atoms with Crippen molar-refractivity contribution in [3.05, 3.63) is 0 Å².